The third-order valence-corrected chi connectivity index (χ3v) is 4.92. The largest absolute Gasteiger partial charge is 0.348 e. The third kappa shape index (κ3) is 5.56. The summed E-state index contributed by atoms with van der Waals surface area (Å²) in [5.74, 6) is 0.768. The molecule has 26 heavy (non-hydrogen) atoms. The van der Waals surface area contributed by atoms with E-state index in [0.717, 1.165) is 23.6 Å². The summed E-state index contributed by atoms with van der Waals surface area (Å²) in [6, 6.07) is 8.55. The van der Waals surface area contributed by atoms with Crippen molar-refractivity contribution in [2.24, 2.45) is 13.0 Å². The molecule has 2 heterocycles. The highest BCUT2D eigenvalue weighted by Gasteiger charge is 2.15. The van der Waals surface area contributed by atoms with Crippen LogP contribution in [0.3, 0.4) is 0 Å². The second-order valence-electron chi connectivity index (χ2n) is 7.27. The van der Waals surface area contributed by atoms with E-state index < -0.39 is 0 Å². The number of nitrogens with one attached hydrogen (secondary N) is 1. The fraction of sp³-hybridized carbons (Fsp3) is 0.429. The van der Waals surface area contributed by atoms with Crippen LogP contribution < -0.4 is 5.32 Å². The number of rotatable bonds is 6. The van der Waals surface area contributed by atoms with Crippen molar-refractivity contribution in [2.45, 2.75) is 32.9 Å². The molecule has 1 amide bonds. The van der Waals surface area contributed by atoms with Crippen molar-refractivity contribution in [3.63, 3.8) is 0 Å². The Morgan fingerprint density at radius 2 is 1.92 bits per heavy atom. The van der Waals surface area contributed by atoms with E-state index in [1.165, 1.54) is 31.5 Å². The van der Waals surface area contributed by atoms with Gasteiger partial charge in [0.1, 0.15) is 0 Å². The number of benzene rings is 1. The Hall–Kier alpha value is -2.40. The number of carbonyl (C=O) groups is 1. The monoisotopic (exact) mass is 352 g/mol. The Kier molecular flexibility index (Phi) is 6.23. The molecule has 1 fully saturated rings. The Bertz CT molecular complexity index is 740. The Morgan fingerprint density at radius 3 is 2.58 bits per heavy atom. The van der Waals surface area contributed by atoms with Gasteiger partial charge < -0.3 is 5.32 Å². The number of likely N-dealkylation sites (tertiary alicyclic amines) is 1. The lowest BCUT2D eigenvalue weighted by Gasteiger charge is -2.30. The Balaban J connectivity index is 1.43. The van der Waals surface area contributed by atoms with E-state index in [4.69, 9.17) is 0 Å². The van der Waals surface area contributed by atoms with Crippen LogP contribution in [0.2, 0.25) is 0 Å². The summed E-state index contributed by atoms with van der Waals surface area (Å²) in [5.41, 5.74) is 3.37. The summed E-state index contributed by atoms with van der Waals surface area (Å²) in [6.45, 7) is 6.29. The van der Waals surface area contributed by atoms with Crippen LogP contribution in [0.5, 0.6) is 0 Å². The van der Waals surface area contributed by atoms with Crippen LogP contribution in [0.15, 0.2) is 42.7 Å². The maximum Gasteiger partial charge on any atom is 0.244 e. The van der Waals surface area contributed by atoms with E-state index in [1.807, 2.05) is 13.2 Å². The number of amides is 1. The number of aromatic nitrogens is 2. The SMILES string of the molecule is CC1CCN(Cc2ccc(CNC(=O)C=Cc3cnn(C)c3)cc2)CC1. The first-order chi connectivity index (χ1) is 12.6. The molecule has 1 aliphatic heterocycles. The molecule has 0 bridgehead atoms. The van der Waals surface area contributed by atoms with Crippen LogP contribution in [0, 0.1) is 5.92 Å². The molecule has 3 rings (SSSR count). The van der Waals surface area contributed by atoms with Gasteiger partial charge in [-0.1, -0.05) is 31.2 Å². The minimum Gasteiger partial charge on any atom is -0.348 e. The van der Waals surface area contributed by atoms with Crippen LogP contribution in [0.4, 0.5) is 0 Å². The fourth-order valence-electron chi connectivity index (χ4n) is 3.19. The molecule has 1 aromatic heterocycles. The molecule has 0 radical (unpaired) electrons. The molecular formula is C21H28N4O. The van der Waals surface area contributed by atoms with E-state index in [9.17, 15) is 4.79 Å². The number of hydrogen-bond acceptors (Lipinski definition) is 3. The van der Waals surface area contributed by atoms with Gasteiger partial charge in [-0.25, -0.2) is 0 Å². The van der Waals surface area contributed by atoms with E-state index >= 15 is 0 Å². The summed E-state index contributed by atoms with van der Waals surface area (Å²) in [7, 11) is 1.85. The van der Waals surface area contributed by atoms with Gasteiger partial charge in [0.25, 0.3) is 0 Å². The average Bonchev–Trinajstić information content (AvgIpc) is 3.07. The molecule has 0 atom stereocenters. The van der Waals surface area contributed by atoms with Crippen LogP contribution in [0.25, 0.3) is 6.08 Å². The molecule has 0 saturated carbocycles. The zero-order chi connectivity index (χ0) is 18.4. The van der Waals surface area contributed by atoms with Gasteiger partial charge in [-0.2, -0.15) is 5.10 Å². The first-order valence-electron chi connectivity index (χ1n) is 9.33. The summed E-state index contributed by atoms with van der Waals surface area (Å²) in [6.07, 6.45) is 9.51. The predicted octanol–water partition coefficient (Wildman–Crippen LogP) is 2.98. The molecule has 138 valence electrons. The van der Waals surface area contributed by atoms with Gasteiger partial charge in [0, 0.05) is 38.0 Å². The number of piperidine rings is 1. The van der Waals surface area contributed by atoms with Crippen molar-refractivity contribution in [2.75, 3.05) is 13.1 Å². The molecular weight excluding hydrogens is 324 g/mol. The summed E-state index contributed by atoms with van der Waals surface area (Å²) < 4.78 is 1.71. The standard InChI is InChI=1S/C21H28N4O/c1-17-9-11-25(12-10-17)16-19-5-3-18(4-6-19)13-22-21(26)8-7-20-14-23-24(2)15-20/h3-8,14-15,17H,9-13,16H2,1-2H3,(H,22,26). The third-order valence-electron chi connectivity index (χ3n) is 4.92. The van der Waals surface area contributed by atoms with Crippen molar-refractivity contribution >= 4 is 12.0 Å². The van der Waals surface area contributed by atoms with Crippen LogP contribution in [-0.4, -0.2) is 33.7 Å². The zero-order valence-electron chi connectivity index (χ0n) is 15.7. The van der Waals surface area contributed by atoms with Crippen molar-refractivity contribution in [1.82, 2.24) is 20.0 Å². The Labute approximate surface area is 155 Å². The van der Waals surface area contributed by atoms with Gasteiger partial charge in [0.15, 0.2) is 0 Å². The van der Waals surface area contributed by atoms with E-state index in [-0.39, 0.29) is 5.91 Å². The summed E-state index contributed by atoms with van der Waals surface area (Å²) >= 11 is 0. The first-order valence-corrected chi connectivity index (χ1v) is 9.33. The van der Waals surface area contributed by atoms with Crippen LogP contribution in [-0.2, 0) is 24.9 Å². The van der Waals surface area contributed by atoms with Gasteiger partial charge in [-0.3, -0.25) is 14.4 Å². The first kappa shape index (κ1) is 18.4. The maximum absolute atomic E-state index is 11.9. The molecule has 5 heteroatoms. The average molecular weight is 352 g/mol. The highest BCUT2D eigenvalue weighted by molar-refractivity contribution is 5.91. The second-order valence-corrected chi connectivity index (χ2v) is 7.27. The van der Waals surface area contributed by atoms with Gasteiger partial charge in [0.05, 0.1) is 6.20 Å². The lowest BCUT2D eigenvalue weighted by atomic mass is 9.99. The molecule has 0 spiro atoms. The highest BCUT2D eigenvalue weighted by atomic mass is 16.1. The fourth-order valence-corrected chi connectivity index (χ4v) is 3.19. The van der Waals surface area contributed by atoms with Gasteiger partial charge in [-0.05, 0) is 49.1 Å². The molecule has 1 N–H and O–H groups in total. The molecule has 5 nitrogen and oxygen atoms in total. The number of hydrogen-bond donors (Lipinski definition) is 1. The molecule has 1 aromatic carbocycles. The predicted molar refractivity (Wildman–Crippen MR) is 104 cm³/mol. The van der Waals surface area contributed by atoms with Crippen molar-refractivity contribution < 1.29 is 4.79 Å². The van der Waals surface area contributed by atoms with Gasteiger partial charge in [-0.15, -0.1) is 0 Å². The van der Waals surface area contributed by atoms with Crippen LogP contribution in [0.1, 0.15) is 36.5 Å². The molecule has 2 aromatic rings. The van der Waals surface area contributed by atoms with Gasteiger partial charge in [0.2, 0.25) is 5.91 Å². The van der Waals surface area contributed by atoms with Crippen molar-refractivity contribution in [1.29, 1.82) is 0 Å². The number of carbonyl (C=O) groups excluding carboxylic acids is 1. The number of nitrogens with zero attached hydrogens (tertiary/aromatic N) is 3. The maximum atomic E-state index is 11.9. The summed E-state index contributed by atoms with van der Waals surface area (Å²) in [5, 5.41) is 6.99. The summed E-state index contributed by atoms with van der Waals surface area (Å²) in [4.78, 5) is 14.4. The van der Waals surface area contributed by atoms with E-state index in [1.54, 1.807) is 23.0 Å². The minimum absolute atomic E-state index is 0.0969. The topological polar surface area (TPSA) is 50.2 Å². The second kappa shape index (κ2) is 8.81. The van der Waals surface area contributed by atoms with Crippen LogP contribution >= 0.6 is 0 Å². The lowest BCUT2D eigenvalue weighted by Crippen LogP contribution is -2.32. The molecule has 1 saturated heterocycles. The lowest BCUT2D eigenvalue weighted by molar-refractivity contribution is -0.116. The van der Waals surface area contributed by atoms with Crippen molar-refractivity contribution in [3.05, 3.63) is 59.4 Å². The molecule has 1 aliphatic rings. The minimum atomic E-state index is -0.0969. The highest BCUT2D eigenvalue weighted by Crippen LogP contribution is 2.18. The Morgan fingerprint density at radius 1 is 1.23 bits per heavy atom. The van der Waals surface area contributed by atoms with E-state index in [2.05, 4.69) is 46.5 Å². The molecule has 0 unspecified atom stereocenters. The van der Waals surface area contributed by atoms with E-state index in [0.29, 0.717) is 6.54 Å². The zero-order valence-corrected chi connectivity index (χ0v) is 15.7. The quantitative estimate of drug-likeness (QED) is 0.813. The van der Waals surface area contributed by atoms with Crippen molar-refractivity contribution in [3.8, 4) is 0 Å². The smallest absolute Gasteiger partial charge is 0.244 e. The normalized spacial score (nSPS) is 16.2. The number of aryl methyl sites for hydroxylation is 1. The molecule has 0 aliphatic carbocycles. The van der Waals surface area contributed by atoms with Gasteiger partial charge >= 0.3 is 0 Å².